The minimum absolute atomic E-state index is 0.176. The normalized spacial score (nSPS) is 17.1. The van der Waals surface area contributed by atoms with Gasteiger partial charge in [0.2, 0.25) is 0 Å². The smallest absolute Gasteiger partial charge is 0.325 e. The van der Waals surface area contributed by atoms with E-state index < -0.39 is 5.54 Å². The Kier molecular flexibility index (Phi) is 5.53. The van der Waals surface area contributed by atoms with E-state index in [2.05, 4.69) is 5.32 Å². The lowest BCUT2D eigenvalue weighted by Gasteiger charge is -2.28. The molecule has 4 nitrogen and oxygen atoms in total. The number of ether oxygens (including phenoxy) is 2. The number of hydrogen-bond donors (Lipinski definition) is 1. The third-order valence-corrected chi connectivity index (χ3v) is 4.68. The Bertz CT molecular complexity index is 473. The summed E-state index contributed by atoms with van der Waals surface area (Å²) < 4.78 is 10.1. The zero-order valence-electron chi connectivity index (χ0n) is 12.8. The van der Waals surface area contributed by atoms with Gasteiger partial charge in [0.25, 0.3) is 0 Å². The average molecular weight is 309 g/mol. The van der Waals surface area contributed by atoms with Crippen molar-refractivity contribution in [2.45, 2.75) is 42.7 Å². The highest BCUT2D eigenvalue weighted by Gasteiger charge is 2.38. The van der Waals surface area contributed by atoms with E-state index in [9.17, 15) is 4.79 Å². The molecule has 1 saturated carbocycles. The predicted octanol–water partition coefficient (Wildman–Crippen LogP) is 2.86. The zero-order chi connectivity index (χ0) is 15.3. The molecule has 0 heterocycles. The third-order valence-electron chi connectivity index (χ3n) is 3.67. The number of benzene rings is 1. The first-order chi connectivity index (χ1) is 10.1. The summed E-state index contributed by atoms with van der Waals surface area (Å²) in [6.07, 6.45) is 3.04. The van der Waals surface area contributed by atoms with Crippen LogP contribution in [0.15, 0.2) is 29.2 Å². The predicted molar refractivity (Wildman–Crippen MR) is 84.9 cm³/mol. The molecule has 116 valence electrons. The SMILES string of the molecule is COC(=O)C(C)(CCSc1ccc(OC)cc1)NC1CC1. The Balaban J connectivity index is 1.87. The first kappa shape index (κ1) is 16.2. The number of carbonyl (C=O) groups is 1. The van der Waals surface area contributed by atoms with Crippen molar-refractivity contribution in [1.29, 1.82) is 0 Å². The van der Waals surface area contributed by atoms with E-state index in [-0.39, 0.29) is 5.97 Å². The van der Waals surface area contributed by atoms with Gasteiger partial charge in [-0.15, -0.1) is 11.8 Å². The van der Waals surface area contributed by atoms with E-state index in [0.717, 1.165) is 30.8 Å². The molecule has 5 heteroatoms. The molecule has 1 aromatic rings. The summed E-state index contributed by atoms with van der Waals surface area (Å²) in [5.41, 5.74) is -0.588. The maximum atomic E-state index is 12.0. The Morgan fingerprint density at radius 2 is 2.00 bits per heavy atom. The molecule has 1 N–H and O–H groups in total. The number of carbonyl (C=O) groups excluding carboxylic acids is 1. The number of nitrogens with one attached hydrogen (secondary N) is 1. The van der Waals surface area contributed by atoms with E-state index in [1.165, 1.54) is 12.0 Å². The van der Waals surface area contributed by atoms with E-state index in [4.69, 9.17) is 9.47 Å². The maximum absolute atomic E-state index is 12.0. The average Bonchev–Trinajstić information content (AvgIpc) is 3.30. The van der Waals surface area contributed by atoms with Crippen molar-refractivity contribution in [1.82, 2.24) is 5.32 Å². The van der Waals surface area contributed by atoms with Gasteiger partial charge in [-0.3, -0.25) is 10.1 Å². The molecule has 1 aromatic carbocycles. The van der Waals surface area contributed by atoms with Crippen molar-refractivity contribution in [2.24, 2.45) is 0 Å². The molecule has 0 saturated heterocycles. The number of rotatable bonds is 8. The second kappa shape index (κ2) is 7.18. The van der Waals surface area contributed by atoms with Crippen LogP contribution in [0.1, 0.15) is 26.2 Å². The van der Waals surface area contributed by atoms with Crippen LogP contribution in [0.3, 0.4) is 0 Å². The third kappa shape index (κ3) is 4.64. The Morgan fingerprint density at radius 1 is 1.33 bits per heavy atom. The summed E-state index contributed by atoms with van der Waals surface area (Å²) in [6, 6.07) is 8.44. The molecule has 1 aliphatic carbocycles. The lowest BCUT2D eigenvalue weighted by atomic mass is 9.99. The summed E-state index contributed by atoms with van der Waals surface area (Å²) >= 11 is 1.74. The van der Waals surface area contributed by atoms with E-state index in [1.54, 1.807) is 18.9 Å². The number of hydrogen-bond acceptors (Lipinski definition) is 5. The fraction of sp³-hybridized carbons (Fsp3) is 0.562. The van der Waals surface area contributed by atoms with Crippen LogP contribution in [0.4, 0.5) is 0 Å². The molecule has 1 aliphatic rings. The first-order valence-electron chi connectivity index (χ1n) is 7.20. The van der Waals surface area contributed by atoms with Gasteiger partial charge in [0.05, 0.1) is 14.2 Å². The largest absolute Gasteiger partial charge is 0.497 e. The Morgan fingerprint density at radius 3 is 2.52 bits per heavy atom. The Hall–Kier alpha value is -1.20. The molecule has 1 fully saturated rings. The van der Waals surface area contributed by atoms with Crippen molar-refractivity contribution in [2.75, 3.05) is 20.0 Å². The van der Waals surface area contributed by atoms with Crippen LogP contribution in [0, 0.1) is 0 Å². The van der Waals surface area contributed by atoms with Crippen LogP contribution in [0.5, 0.6) is 5.75 Å². The van der Waals surface area contributed by atoms with E-state index in [0.29, 0.717) is 6.04 Å². The minimum atomic E-state index is -0.588. The van der Waals surface area contributed by atoms with E-state index >= 15 is 0 Å². The number of methoxy groups -OCH3 is 2. The molecule has 0 aliphatic heterocycles. The van der Waals surface area contributed by atoms with Crippen molar-refractivity contribution in [3.63, 3.8) is 0 Å². The summed E-state index contributed by atoms with van der Waals surface area (Å²) in [7, 11) is 3.11. The van der Waals surface area contributed by atoms with Crippen molar-refractivity contribution < 1.29 is 14.3 Å². The molecule has 0 spiro atoms. The molecule has 1 atom stereocenters. The topological polar surface area (TPSA) is 47.6 Å². The molecular weight excluding hydrogens is 286 g/mol. The highest BCUT2D eigenvalue weighted by molar-refractivity contribution is 7.99. The summed E-state index contributed by atoms with van der Waals surface area (Å²) in [5.74, 6) is 1.54. The summed E-state index contributed by atoms with van der Waals surface area (Å²) in [5, 5.41) is 3.41. The monoisotopic (exact) mass is 309 g/mol. The number of esters is 1. The molecule has 0 radical (unpaired) electrons. The van der Waals surface area contributed by atoms with Gasteiger partial charge in [-0.2, -0.15) is 0 Å². The Labute approximate surface area is 130 Å². The van der Waals surface area contributed by atoms with E-state index in [1.807, 2.05) is 31.2 Å². The maximum Gasteiger partial charge on any atom is 0.325 e. The molecule has 0 amide bonds. The molecule has 1 unspecified atom stereocenters. The summed E-state index contributed by atoms with van der Waals surface area (Å²) in [4.78, 5) is 13.2. The van der Waals surface area contributed by atoms with Gasteiger partial charge in [0, 0.05) is 16.7 Å². The van der Waals surface area contributed by atoms with Gasteiger partial charge in [0.15, 0.2) is 0 Å². The van der Waals surface area contributed by atoms with Gasteiger partial charge >= 0.3 is 5.97 Å². The molecular formula is C16H23NO3S. The summed E-state index contributed by atoms with van der Waals surface area (Å²) in [6.45, 7) is 1.94. The van der Waals surface area contributed by atoms with Crippen LogP contribution in [0.25, 0.3) is 0 Å². The molecule has 2 rings (SSSR count). The van der Waals surface area contributed by atoms with Crippen LogP contribution in [-0.2, 0) is 9.53 Å². The van der Waals surface area contributed by atoms with Gasteiger partial charge in [-0.05, 0) is 50.5 Å². The molecule has 0 bridgehead atoms. The quantitative estimate of drug-likeness (QED) is 0.591. The zero-order valence-corrected chi connectivity index (χ0v) is 13.7. The molecule has 21 heavy (non-hydrogen) atoms. The number of thioether (sulfide) groups is 1. The lowest BCUT2D eigenvalue weighted by molar-refractivity contribution is -0.148. The highest BCUT2D eigenvalue weighted by atomic mass is 32.2. The van der Waals surface area contributed by atoms with Crippen molar-refractivity contribution in [3.8, 4) is 5.75 Å². The van der Waals surface area contributed by atoms with Gasteiger partial charge in [-0.25, -0.2) is 0 Å². The van der Waals surface area contributed by atoms with Crippen molar-refractivity contribution in [3.05, 3.63) is 24.3 Å². The highest BCUT2D eigenvalue weighted by Crippen LogP contribution is 2.28. The van der Waals surface area contributed by atoms with Gasteiger partial charge in [0.1, 0.15) is 11.3 Å². The van der Waals surface area contributed by atoms with Crippen molar-refractivity contribution >= 4 is 17.7 Å². The van der Waals surface area contributed by atoms with Gasteiger partial charge < -0.3 is 9.47 Å². The lowest BCUT2D eigenvalue weighted by Crippen LogP contribution is -2.51. The first-order valence-corrected chi connectivity index (χ1v) is 8.19. The van der Waals surface area contributed by atoms with Crippen LogP contribution in [-0.4, -0.2) is 37.5 Å². The molecule has 0 aromatic heterocycles. The van der Waals surface area contributed by atoms with Crippen LogP contribution in [0.2, 0.25) is 0 Å². The minimum Gasteiger partial charge on any atom is -0.497 e. The fourth-order valence-electron chi connectivity index (χ4n) is 2.18. The van der Waals surface area contributed by atoms with Crippen LogP contribution >= 0.6 is 11.8 Å². The van der Waals surface area contributed by atoms with Gasteiger partial charge in [-0.1, -0.05) is 0 Å². The second-order valence-electron chi connectivity index (χ2n) is 5.52. The second-order valence-corrected chi connectivity index (χ2v) is 6.68. The van der Waals surface area contributed by atoms with Crippen LogP contribution < -0.4 is 10.1 Å². The standard InChI is InChI=1S/C16H23NO3S/c1-16(15(18)20-3,17-12-4-5-12)10-11-21-14-8-6-13(19-2)7-9-14/h6-9,12,17H,4-5,10-11H2,1-3H3. The fourth-order valence-corrected chi connectivity index (χ4v) is 3.26.